The molecule has 0 amide bonds. The second-order valence-electron chi connectivity index (χ2n) is 7.45. The van der Waals surface area contributed by atoms with Gasteiger partial charge in [0.15, 0.2) is 5.96 Å². The quantitative estimate of drug-likeness (QED) is 0.207. The summed E-state index contributed by atoms with van der Waals surface area (Å²) < 4.78 is 16.8. The number of halogens is 1. The van der Waals surface area contributed by atoms with Crippen LogP contribution in [0.4, 0.5) is 0 Å². The number of hydrogen-bond acceptors (Lipinski definition) is 5. The monoisotopic (exact) mass is 498 g/mol. The summed E-state index contributed by atoms with van der Waals surface area (Å²) in [7, 11) is 1.82. The van der Waals surface area contributed by atoms with E-state index in [2.05, 4.69) is 34.4 Å². The lowest BCUT2D eigenvalue weighted by Crippen LogP contribution is -2.46. The molecule has 3 atom stereocenters. The van der Waals surface area contributed by atoms with Crippen LogP contribution in [0.3, 0.4) is 0 Å². The third-order valence-corrected chi connectivity index (χ3v) is 4.80. The lowest BCUT2D eigenvalue weighted by atomic mass is 10.1. The van der Waals surface area contributed by atoms with E-state index in [-0.39, 0.29) is 24.0 Å². The van der Waals surface area contributed by atoms with Crippen molar-refractivity contribution in [3.8, 4) is 0 Å². The number of nitrogens with one attached hydrogen (secondary N) is 2. The standard InChI is InChI=1S/C19H38N4O3.HI/c1-16-12-23(13-17(2)26-16)9-4-7-21-19(20-3)22-8-5-10-24-14-18-6-11-25-15-18;/h16-18H,4-15H2,1-3H3,(H2,20,21,22);1H. The molecule has 0 aromatic carbocycles. The van der Waals surface area contributed by atoms with Crippen molar-refractivity contribution in [2.45, 2.75) is 45.3 Å². The van der Waals surface area contributed by atoms with Crippen LogP contribution in [0.2, 0.25) is 0 Å². The van der Waals surface area contributed by atoms with E-state index in [9.17, 15) is 0 Å². The highest BCUT2D eigenvalue weighted by molar-refractivity contribution is 14.0. The number of guanidine groups is 1. The lowest BCUT2D eigenvalue weighted by molar-refractivity contribution is -0.0679. The molecule has 2 aliphatic rings. The number of aliphatic imine (C=N–C) groups is 1. The van der Waals surface area contributed by atoms with Crippen LogP contribution in [0, 0.1) is 5.92 Å². The van der Waals surface area contributed by atoms with Crippen LogP contribution in [-0.4, -0.2) is 89.3 Å². The molecular weight excluding hydrogens is 459 g/mol. The van der Waals surface area contributed by atoms with Gasteiger partial charge in [-0.25, -0.2) is 0 Å². The predicted octanol–water partition coefficient (Wildman–Crippen LogP) is 1.71. The second-order valence-corrected chi connectivity index (χ2v) is 7.45. The molecule has 8 heteroatoms. The van der Waals surface area contributed by atoms with E-state index in [0.717, 1.165) is 84.4 Å². The molecule has 0 spiro atoms. The summed E-state index contributed by atoms with van der Waals surface area (Å²) in [5.74, 6) is 1.47. The minimum absolute atomic E-state index is 0. The zero-order valence-electron chi connectivity index (χ0n) is 17.2. The van der Waals surface area contributed by atoms with Crippen molar-refractivity contribution in [1.82, 2.24) is 15.5 Å². The molecule has 160 valence electrons. The van der Waals surface area contributed by atoms with E-state index in [1.165, 1.54) is 0 Å². The summed E-state index contributed by atoms with van der Waals surface area (Å²) in [6.07, 6.45) is 3.90. The van der Waals surface area contributed by atoms with Crippen molar-refractivity contribution in [2.75, 3.05) is 66.2 Å². The fourth-order valence-corrected chi connectivity index (χ4v) is 3.54. The highest BCUT2D eigenvalue weighted by Crippen LogP contribution is 2.12. The molecule has 3 unspecified atom stereocenters. The smallest absolute Gasteiger partial charge is 0.190 e. The Morgan fingerprint density at radius 1 is 1.15 bits per heavy atom. The van der Waals surface area contributed by atoms with Crippen LogP contribution in [0.25, 0.3) is 0 Å². The third-order valence-electron chi connectivity index (χ3n) is 4.80. The molecule has 0 bridgehead atoms. The van der Waals surface area contributed by atoms with E-state index >= 15 is 0 Å². The van der Waals surface area contributed by atoms with Gasteiger partial charge >= 0.3 is 0 Å². The zero-order valence-corrected chi connectivity index (χ0v) is 19.6. The fraction of sp³-hybridized carbons (Fsp3) is 0.947. The summed E-state index contributed by atoms with van der Waals surface area (Å²) in [6.45, 7) is 12.6. The maximum Gasteiger partial charge on any atom is 0.190 e. The normalized spacial score (nSPS) is 26.6. The first-order valence-electron chi connectivity index (χ1n) is 10.1. The van der Waals surface area contributed by atoms with Crippen LogP contribution in [-0.2, 0) is 14.2 Å². The summed E-state index contributed by atoms with van der Waals surface area (Å²) in [5, 5.41) is 6.74. The van der Waals surface area contributed by atoms with Gasteiger partial charge in [0, 0.05) is 58.9 Å². The molecule has 2 saturated heterocycles. The fourth-order valence-electron chi connectivity index (χ4n) is 3.54. The Bertz CT molecular complexity index is 398. The van der Waals surface area contributed by atoms with Gasteiger partial charge in [-0.15, -0.1) is 24.0 Å². The minimum atomic E-state index is 0. The maximum atomic E-state index is 5.78. The number of rotatable bonds is 10. The molecule has 2 fully saturated rings. The van der Waals surface area contributed by atoms with E-state index in [0.29, 0.717) is 18.1 Å². The van der Waals surface area contributed by atoms with Gasteiger partial charge in [0.1, 0.15) is 0 Å². The molecular formula is C19H39IN4O3. The SMILES string of the molecule is CN=C(NCCCOCC1CCOC1)NCCCN1CC(C)OC(C)C1.I. The Labute approximate surface area is 182 Å². The highest BCUT2D eigenvalue weighted by atomic mass is 127. The molecule has 27 heavy (non-hydrogen) atoms. The summed E-state index contributed by atoms with van der Waals surface area (Å²) in [5.41, 5.74) is 0. The van der Waals surface area contributed by atoms with Gasteiger partial charge in [-0.3, -0.25) is 9.89 Å². The Morgan fingerprint density at radius 3 is 2.48 bits per heavy atom. The Balaban J connectivity index is 0.00000364. The Hall–Kier alpha value is -0.160. The van der Waals surface area contributed by atoms with Crippen LogP contribution in [0.15, 0.2) is 4.99 Å². The van der Waals surface area contributed by atoms with Crippen molar-refractivity contribution in [1.29, 1.82) is 0 Å². The molecule has 0 radical (unpaired) electrons. The molecule has 7 nitrogen and oxygen atoms in total. The number of ether oxygens (including phenoxy) is 3. The van der Waals surface area contributed by atoms with Gasteiger partial charge in [0.2, 0.25) is 0 Å². The molecule has 0 aromatic rings. The number of hydrogen-bond donors (Lipinski definition) is 2. The first kappa shape index (κ1) is 24.9. The Morgan fingerprint density at radius 2 is 1.85 bits per heavy atom. The van der Waals surface area contributed by atoms with Crippen molar-refractivity contribution in [3.63, 3.8) is 0 Å². The summed E-state index contributed by atoms with van der Waals surface area (Å²) in [4.78, 5) is 6.77. The molecule has 0 saturated carbocycles. The van der Waals surface area contributed by atoms with E-state index in [1.54, 1.807) is 0 Å². The second kappa shape index (κ2) is 14.8. The molecule has 0 aliphatic carbocycles. The van der Waals surface area contributed by atoms with Gasteiger partial charge in [0.25, 0.3) is 0 Å². The number of morpholine rings is 1. The average molecular weight is 498 g/mol. The lowest BCUT2D eigenvalue weighted by Gasteiger charge is -2.35. The molecule has 2 aliphatic heterocycles. The van der Waals surface area contributed by atoms with Crippen LogP contribution in [0.5, 0.6) is 0 Å². The van der Waals surface area contributed by atoms with Gasteiger partial charge in [-0.2, -0.15) is 0 Å². The van der Waals surface area contributed by atoms with Crippen LogP contribution >= 0.6 is 24.0 Å². The molecule has 2 heterocycles. The topological polar surface area (TPSA) is 67.4 Å². The zero-order chi connectivity index (χ0) is 18.6. The first-order chi connectivity index (χ1) is 12.7. The van der Waals surface area contributed by atoms with Crippen molar-refractivity contribution >= 4 is 29.9 Å². The van der Waals surface area contributed by atoms with Crippen molar-refractivity contribution < 1.29 is 14.2 Å². The molecule has 2 N–H and O–H groups in total. The van der Waals surface area contributed by atoms with Gasteiger partial charge in [-0.05, 0) is 33.1 Å². The molecule has 2 rings (SSSR count). The Kier molecular flexibility index (Phi) is 13.6. The largest absolute Gasteiger partial charge is 0.381 e. The maximum absolute atomic E-state index is 5.78. The van der Waals surface area contributed by atoms with Gasteiger partial charge < -0.3 is 24.8 Å². The van der Waals surface area contributed by atoms with Gasteiger partial charge in [-0.1, -0.05) is 0 Å². The summed E-state index contributed by atoms with van der Waals surface area (Å²) >= 11 is 0. The minimum Gasteiger partial charge on any atom is -0.381 e. The third kappa shape index (κ3) is 10.8. The average Bonchev–Trinajstić information content (AvgIpc) is 3.12. The molecule has 0 aromatic heterocycles. The van der Waals surface area contributed by atoms with Crippen LogP contribution < -0.4 is 10.6 Å². The van der Waals surface area contributed by atoms with E-state index < -0.39 is 0 Å². The van der Waals surface area contributed by atoms with Gasteiger partial charge in [0.05, 0.1) is 25.4 Å². The van der Waals surface area contributed by atoms with E-state index in [4.69, 9.17) is 14.2 Å². The van der Waals surface area contributed by atoms with Crippen molar-refractivity contribution in [3.05, 3.63) is 0 Å². The van der Waals surface area contributed by atoms with Crippen molar-refractivity contribution in [2.24, 2.45) is 10.9 Å². The van der Waals surface area contributed by atoms with Crippen LogP contribution in [0.1, 0.15) is 33.1 Å². The number of nitrogens with zero attached hydrogens (tertiary/aromatic N) is 2. The predicted molar refractivity (Wildman–Crippen MR) is 120 cm³/mol. The highest BCUT2D eigenvalue weighted by Gasteiger charge is 2.21. The first-order valence-corrected chi connectivity index (χ1v) is 10.1. The summed E-state index contributed by atoms with van der Waals surface area (Å²) in [6, 6.07) is 0. The van der Waals surface area contributed by atoms with E-state index in [1.807, 2.05) is 7.05 Å².